The Morgan fingerprint density at radius 2 is 1.76 bits per heavy atom. The third-order valence-electron chi connectivity index (χ3n) is 5.05. The number of pyridine rings is 1. The summed E-state index contributed by atoms with van der Waals surface area (Å²) in [5.41, 5.74) is 1.65. The summed E-state index contributed by atoms with van der Waals surface area (Å²) in [5, 5.41) is 5.10. The number of nitrogens with zero attached hydrogens (tertiary/aromatic N) is 4. The predicted octanol–water partition coefficient (Wildman–Crippen LogP) is 3.08. The molecule has 29 heavy (non-hydrogen) atoms. The Morgan fingerprint density at radius 3 is 2.34 bits per heavy atom. The molecule has 2 aliphatic rings. The maximum atomic E-state index is 14.0. The van der Waals surface area contributed by atoms with Crippen molar-refractivity contribution in [1.82, 2.24) is 15.0 Å². The average molecular weight is 402 g/mol. The topological polar surface area (TPSA) is 100 Å². The lowest BCUT2D eigenvalue weighted by atomic mass is 10.0. The Kier molecular flexibility index (Phi) is 4.25. The second-order valence-electron chi connectivity index (χ2n) is 7.64. The minimum atomic E-state index is -3.28. The van der Waals surface area contributed by atoms with Crippen molar-refractivity contribution in [2.75, 3.05) is 22.1 Å². The summed E-state index contributed by atoms with van der Waals surface area (Å²) in [6, 6.07) is 3.19. The Hall–Kier alpha value is -3.17. The number of nitrogens with one attached hydrogen (secondary N) is 2. The number of hydrogen-bond donors (Lipinski definition) is 2. The number of alkyl halides is 2. The minimum Gasteiger partial charge on any atom is -0.325 e. The van der Waals surface area contributed by atoms with Crippen LogP contribution in [0.1, 0.15) is 45.0 Å². The van der Waals surface area contributed by atoms with E-state index in [1.165, 1.54) is 19.9 Å². The van der Waals surface area contributed by atoms with Crippen LogP contribution in [-0.2, 0) is 20.9 Å². The fraction of sp³-hybridized carbons (Fsp3) is 0.421. The summed E-state index contributed by atoms with van der Waals surface area (Å²) in [5.74, 6) is -3.99. The van der Waals surface area contributed by atoms with Crippen LogP contribution in [-0.4, -0.2) is 33.3 Å². The molecule has 2 aromatic heterocycles. The van der Waals surface area contributed by atoms with Crippen LogP contribution in [0.15, 0.2) is 18.3 Å². The molecule has 1 aliphatic carbocycles. The van der Waals surface area contributed by atoms with E-state index in [2.05, 4.69) is 25.6 Å². The molecule has 0 bridgehead atoms. The van der Waals surface area contributed by atoms with Crippen LogP contribution in [0.4, 0.5) is 31.9 Å². The highest BCUT2D eigenvalue weighted by Crippen LogP contribution is 2.58. The lowest BCUT2D eigenvalue weighted by Gasteiger charge is -2.21. The quantitative estimate of drug-likeness (QED) is 0.815. The Balaban J connectivity index is 1.81. The number of fused-ring (bicyclic) bond motifs is 2. The summed E-state index contributed by atoms with van der Waals surface area (Å²) in [6.45, 7) is 3.93. The molecule has 0 unspecified atom stereocenters. The molecule has 1 spiro atoms. The summed E-state index contributed by atoms with van der Waals surface area (Å²) < 4.78 is 28.0. The van der Waals surface area contributed by atoms with Gasteiger partial charge in [-0.15, -0.1) is 0 Å². The molecule has 3 heterocycles. The van der Waals surface area contributed by atoms with E-state index in [0.717, 1.165) is 24.1 Å². The van der Waals surface area contributed by atoms with Crippen LogP contribution < -0.4 is 15.5 Å². The van der Waals surface area contributed by atoms with Gasteiger partial charge in [0.05, 0.1) is 5.69 Å². The molecule has 1 saturated carbocycles. The van der Waals surface area contributed by atoms with Crippen LogP contribution in [0.5, 0.6) is 0 Å². The van der Waals surface area contributed by atoms with Crippen molar-refractivity contribution in [2.24, 2.45) is 0 Å². The number of hydrogen-bond acceptors (Lipinski definition) is 6. The zero-order valence-electron chi connectivity index (χ0n) is 16.2. The Morgan fingerprint density at radius 1 is 1.10 bits per heavy atom. The summed E-state index contributed by atoms with van der Waals surface area (Å²) in [7, 11) is 0. The van der Waals surface area contributed by atoms with Gasteiger partial charge < -0.3 is 15.5 Å². The normalized spacial score (nSPS) is 16.5. The molecule has 1 aliphatic heterocycles. The van der Waals surface area contributed by atoms with Crippen molar-refractivity contribution >= 4 is 35.0 Å². The first-order chi connectivity index (χ1) is 13.6. The van der Waals surface area contributed by atoms with Crippen LogP contribution in [0.25, 0.3) is 0 Å². The zero-order chi connectivity index (χ0) is 21.0. The molecule has 0 atom stereocenters. The number of rotatable bonds is 4. The van der Waals surface area contributed by atoms with Crippen molar-refractivity contribution in [1.29, 1.82) is 0 Å². The Labute approximate surface area is 165 Å². The number of aromatic nitrogens is 3. The van der Waals surface area contributed by atoms with Gasteiger partial charge in [-0.1, -0.05) is 0 Å². The molecular formula is C19H20F2N6O2. The molecular weight excluding hydrogens is 382 g/mol. The Bertz CT molecular complexity index is 1020. The molecule has 4 rings (SSSR count). The first kappa shape index (κ1) is 19.2. The molecule has 8 nitrogen and oxygen atoms in total. The predicted molar refractivity (Wildman–Crippen MR) is 102 cm³/mol. The fourth-order valence-corrected chi connectivity index (χ4v) is 3.59. The standard InChI is InChI=1S/C19H20F2N6O2/c1-10(28)23-14-6-13-12(8-22-14)19(4-5-19)9-27(13)16-7-15(24-11(2)29)25-17(26-16)18(3,20)21/h6-8H,4-5,9H2,1-3H3,(H,22,23,28)(H,24,25,26,29). The van der Waals surface area contributed by atoms with E-state index in [1.807, 2.05) is 4.90 Å². The zero-order valence-corrected chi connectivity index (χ0v) is 16.2. The van der Waals surface area contributed by atoms with Gasteiger partial charge in [0.15, 0.2) is 0 Å². The fourth-order valence-electron chi connectivity index (χ4n) is 3.59. The van der Waals surface area contributed by atoms with Crippen LogP contribution in [0, 0.1) is 0 Å². The second kappa shape index (κ2) is 6.43. The van der Waals surface area contributed by atoms with Gasteiger partial charge in [0.2, 0.25) is 17.6 Å². The lowest BCUT2D eigenvalue weighted by Crippen LogP contribution is -2.23. The van der Waals surface area contributed by atoms with Crippen molar-refractivity contribution < 1.29 is 18.4 Å². The monoisotopic (exact) mass is 402 g/mol. The van der Waals surface area contributed by atoms with Crippen molar-refractivity contribution in [3.63, 3.8) is 0 Å². The maximum absolute atomic E-state index is 14.0. The van der Waals surface area contributed by atoms with Gasteiger partial charge in [0.1, 0.15) is 17.5 Å². The molecule has 10 heteroatoms. The average Bonchev–Trinajstić information content (AvgIpc) is 3.30. The number of halogens is 2. The summed E-state index contributed by atoms with van der Waals surface area (Å²) in [4.78, 5) is 36.8. The van der Waals surface area contributed by atoms with Gasteiger partial charge in [-0.3, -0.25) is 9.59 Å². The van der Waals surface area contributed by atoms with E-state index < -0.39 is 17.7 Å². The molecule has 0 radical (unpaired) electrons. The van der Waals surface area contributed by atoms with Crippen molar-refractivity contribution in [2.45, 2.75) is 45.0 Å². The highest BCUT2D eigenvalue weighted by molar-refractivity contribution is 5.90. The van der Waals surface area contributed by atoms with E-state index in [0.29, 0.717) is 19.3 Å². The summed E-state index contributed by atoms with van der Waals surface area (Å²) in [6.07, 6.45) is 3.63. The highest BCUT2D eigenvalue weighted by Gasteiger charge is 2.52. The van der Waals surface area contributed by atoms with Gasteiger partial charge in [0, 0.05) is 56.6 Å². The molecule has 0 aromatic carbocycles. The lowest BCUT2D eigenvalue weighted by molar-refractivity contribution is -0.115. The van der Waals surface area contributed by atoms with Crippen molar-refractivity contribution in [3.8, 4) is 0 Å². The van der Waals surface area contributed by atoms with Crippen LogP contribution in [0.2, 0.25) is 0 Å². The molecule has 2 N–H and O–H groups in total. The van der Waals surface area contributed by atoms with Gasteiger partial charge >= 0.3 is 5.92 Å². The second-order valence-corrected chi connectivity index (χ2v) is 7.64. The van der Waals surface area contributed by atoms with E-state index in [9.17, 15) is 18.4 Å². The minimum absolute atomic E-state index is 0.00784. The third kappa shape index (κ3) is 3.62. The molecule has 2 aromatic rings. The number of carbonyl (C=O) groups excluding carboxylic acids is 2. The van der Waals surface area contributed by atoms with Crippen molar-refractivity contribution in [3.05, 3.63) is 29.7 Å². The molecule has 1 fully saturated rings. The molecule has 152 valence electrons. The largest absolute Gasteiger partial charge is 0.325 e. The van der Waals surface area contributed by atoms with Gasteiger partial charge in [0.25, 0.3) is 0 Å². The number of anilines is 4. The first-order valence-electron chi connectivity index (χ1n) is 9.18. The van der Waals surface area contributed by atoms with Crippen LogP contribution >= 0.6 is 0 Å². The van der Waals surface area contributed by atoms with E-state index in [1.54, 1.807) is 12.3 Å². The SMILES string of the molecule is CC(=O)Nc1cc2c(cn1)C1(CC1)CN2c1cc(NC(C)=O)nc(C(C)(F)F)n1. The highest BCUT2D eigenvalue weighted by atomic mass is 19.3. The number of amides is 2. The van der Waals surface area contributed by atoms with Gasteiger partial charge in [-0.2, -0.15) is 8.78 Å². The number of carbonyl (C=O) groups is 2. The maximum Gasteiger partial charge on any atom is 0.303 e. The van der Waals surface area contributed by atoms with Gasteiger partial charge in [-0.05, 0) is 12.8 Å². The smallest absolute Gasteiger partial charge is 0.303 e. The van der Waals surface area contributed by atoms with E-state index in [-0.39, 0.29) is 23.0 Å². The third-order valence-corrected chi connectivity index (χ3v) is 5.05. The molecule has 2 amide bonds. The van der Waals surface area contributed by atoms with Gasteiger partial charge in [-0.25, -0.2) is 15.0 Å². The molecule has 0 saturated heterocycles. The summed E-state index contributed by atoms with van der Waals surface area (Å²) >= 11 is 0. The van der Waals surface area contributed by atoms with Crippen LogP contribution in [0.3, 0.4) is 0 Å². The van der Waals surface area contributed by atoms with E-state index in [4.69, 9.17) is 0 Å². The van der Waals surface area contributed by atoms with E-state index >= 15 is 0 Å². The first-order valence-corrected chi connectivity index (χ1v) is 9.18.